The first-order valence-electron chi connectivity index (χ1n) is 18.4. The van der Waals surface area contributed by atoms with E-state index in [1.54, 1.807) is 6.20 Å². The molecule has 0 amide bonds. The molecule has 0 N–H and O–H groups in total. The number of benzene rings is 7. The third-order valence-corrected chi connectivity index (χ3v) is 10.2. The van der Waals surface area contributed by atoms with E-state index in [1.165, 1.54) is 32.9 Å². The summed E-state index contributed by atoms with van der Waals surface area (Å²) in [7, 11) is 0. The number of fused-ring (bicyclic) bond motifs is 3. The average Bonchev–Trinajstić information content (AvgIpc) is 3.61. The number of hydrogen-bond donors (Lipinski definition) is 0. The lowest BCUT2D eigenvalue weighted by Crippen LogP contribution is -2.01. The second kappa shape index (κ2) is 13.8. The van der Waals surface area contributed by atoms with E-state index in [2.05, 4.69) is 149 Å². The maximum absolute atomic E-state index is 5.05. The van der Waals surface area contributed by atoms with Crippen LogP contribution in [0, 0.1) is 0 Å². The van der Waals surface area contributed by atoms with Gasteiger partial charge in [-0.25, -0.2) is 15.0 Å². The minimum absolute atomic E-state index is 0.616. The summed E-state index contributed by atoms with van der Waals surface area (Å²) in [6, 6.07) is 65.6. The van der Waals surface area contributed by atoms with Crippen LogP contribution >= 0.6 is 0 Å². The average molecular weight is 704 g/mol. The van der Waals surface area contributed by atoms with Crippen LogP contribution in [-0.2, 0) is 0 Å². The molecule has 0 unspecified atom stereocenters. The van der Waals surface area contributed by atoms with Crippen molar-refractivity contribution < 1.29 is 0 Å². The molecule has 3 aromatic heterocycles. The molecular weight excluding hydrogens is 671 g/mol. The maximum Gasteiger partial charge on any atom is 0.164 e. The molecule has 0 radical (unpaired) electrons. The monoisotopic (exact) mass is 703 g/mol. The number of hydrogen-bond acceptors (Lipinski definition) is 4. The predicted octanol–water partition coefficient (Wildman–Crippen LogP) is 12.4. The van der Waals surface area contributed by atoms with Gasteiger partial charge in [-0.05, 0) is 58.1 Å². The van der Waals surface area contributed by atoms with Gasteiger partial charge in [-0.15, -0.1) is 0 Å². The quantitative estimate of drug-likeness (QED) is 0.166. The van der Waals surface area contributed by atoms with E-state index in [0.29, 0.717) is 17.5 Å². The Kier molecular flexibility index (Phi) is 8.08. The fraction of sp³-hybridized carbons (Fsp3) is 0. The van der Waals surface area contributed by atoms with Gasteiger partial charge in [0.15, 0.2) is 17.5 Å². The molecule has 0 spiro atoms. The van der Waals surface area contributed by atoms with Crippen molar-refractivity contribution in [3.63, 3.8) is 0 Å². The van der Waals surface area contributed by atoms with E-state index in [1.807, 2.05) is 54.7 Å². The van der Waals surface area contributed by atoms with Gasteiger partial charge in [0.1, 0.15) is 0 Å². The molecule has 0 atom stereocenters. The smallest absolute Gasteiger partial charge is 0.164 e. The van der Waals surface area contributed by atoms with E-state index in [0.717, 1.165) is 44.6 Å². The molecule has 0 aliphatic heterocycles. The molecule has 3 heterocycles. The van der Waals surface area contributed by atoms with Crippen molar-refractivity contribution in [1.82, 2.24) is 24.5 Å². The Bertz CT molecular complexity index is 2940. The van der Waals surface area contributed by atoms with Gasteiger partial charge >= 0.3 is 0 Å². The van der Waals surface area contributed by atoms with E-state index in [4.69, 9.17) is 15.0 Å². The minimum atomic E-state index is 0.616. The second-order valence-electron chi connectivity index (χ2n) is 13.5. The maximum atomic E-state index is 5.05. The van der Waals surface area contributed by atoms with Gasteiger partial charge in [0.25, 0.3) is 0 Å². The molecule has 258 valence electrons. The molecule has 55 heavy (non-hydrogen) atoms. The van der Waals surface area contributed by atoms with Crippen LogP contribution in [0.25, 0.3) is 95.0 Å². The molecular formula is C50H33N5. The number of para-hydroxylation sites is 2. The third-order valence-electron chi connectivity index (χ3n) is 10.2. The molecule has 0 aliphatic rings. The zero-order valence-electron chi connectivity index (χ0n) is 29.8. The fourth-order valence-electron chi connectivity index (χ4n) is 7.47. The van der Waals surface area contributed by atoms with Gasteiger partial charge in [0, 0.05) is 51.1 Å². The van der Waals surface area contributed by atoms with Crippen molar-refractivity contribution in [3.05, 3.63) is 200 Å². The molecule has 5 nitrogen and oxygen atoms in total. The summed E-state index contributed by atoms with van der Waals surface area (Å²) in [5, 5.41) is 2.50. The van der Waals surface area contributed by atoms with Crippen LogP contribution in [-0.4, -0.2) is 24.5 Å². The Morgan fingerprint density at radius 2 is 0.836 bits per heavy atom. The molecule has 10 rings (SSSR count). The number of pyridine rings is 1. The van der Waals surface area contributed by atoms with Crippen LogP contribution < -0.4 is 0 Å². The Balaban J connectivity index is 0.988. The van der Waals surface area contributed by atoms with E-state index in [9.17, 15) is 0 Å². The lowest BCUT2D eigenvalue weighted by atomic mass is 9.98. The van der Waals surface area contributed by atoms with Crippen molar-refractivity contribution in [1.29, 1.82) is 0 Å². The van der Waals surface area contributed by atoms with Crippen LogP contribution in [0.4, 0.5) is 0 Å². The summed E-state index contributed by atoms with van der Waals surface area (Å²) >= 11 is 0. The molecule has 0 aliphatic carbocycles. The predicted molar refractivity (Wildman–Crippen MR) is 225 cm³/mol. The summed E-state index contributed by atoms with van der Waals surface area (Å²) in [4.78, 5) is 19.4. The Morgan fingerprint density at radius 1 is 0.327 bits per heavy atom. The first-order chi connectivity index (χ1) is 27.3. The lowest BCUT2D eigenvalue weighted by molar-refractivity contribution is 1.07. The first-order valence-corrected chi connectivity index (χ1v) is 18.4. The molecule has 0 fully saturated rings. The summed E-state index contributed by atoms with van der Waals surface area (Å²) in [5.74, 6) is 1.86. The number of aromatic nitrogens is 5. The van der Waals surface area contributed by atoms with E-state index >= 15 is 0 Å². The molecule has 0 saturated carbocycles. The molecule has 7 aromatic carbocycles. The van der Waals surface area contributed by atoms with Gasteiger partial charge in [0.05, 0.1) is 11.0 Å². The highest BCUT2D eigenvalue weighted by molar-refractivity contribution is 6.10. The zero-order chi connectivity index (χ0) is 36.6. The van der Waals surface area contributed by atoms with Crippen LogP contribution in [0.1, 0.15) is 0 Å². The first kappa shape index (κ1) is 32.2. The van der Waals surface area contributed by atoms with Gasteiger partial charge in [-0.2, -0.15) is 0 Å². The van der Waals surface area contributed by atoms with Gasteiger partial charge in [-0.1, -0.05) is 158 Å². The van der Waals surface area contributed by atoms with Gasteiger partial charge in [0.2, 0.25) is 0 Å². The van der Waals surface area contributed by atoms with Crippen molar-refractivity contribution in [2.45, 2.75) is 0 Å². The Hall–Kier alpha value is -7.50. The van der Waals surface area contributed by atoms with E-state index < -0.39 is 0 Å². The normalized spacial score (nSPS) is 11.3. The minimum Gasteiger partial charge on any atom is -0.309 e. The Labute approximate surface area is 318 Å². The number of nitrogens with zero attached hydrogens (tertiary/aromatic N) is 5. The van der Waals surface area contributed by atoms with Crippen LogP contribution in [0.3, 0.4) is 0 Å². The van der Waals surface area contributed by atoms with Crippen molar-refractivity contribution in [2.75, 3.05) is 0 Å². The SMILES string of the molecule is c1ccc(-c2nc(-c3ccc(-c4ccc(-c5ccc6c7ccccc7n(-c7ccccc7)c6c5)cc4)cc3)nc(-c3ccccc3-c3cccnc3)n2)cc1. The molecule has 0 bridgehead atoms. The van der Waals surface area contributed by atoms with Crippen LogP contribution in [0.2, 0.25) is 0 Å². The van der Waals surface area contributed by atoms with Gasteiger partial charge < -0.3 is 4.57 Å². The Morgan fingerprint density at radius 3 is 1.53 bits per heavy atom. The molecule has 5 heteroatoms. The van der Waals surface area contributed by atoms with Crippen molar-refractivity contribution in [2.24, 2.45) is 0 Å². The van der Waals surface area contributed by atoms with E-state index in [-0.39, 0.29) is 0 Å². The topological polar surface area (TPSA) is 56.5 Å². The lowest BCUT2D eigenvalue weighted by Gasteiger charge is -2.12. The molecule has 10 aromatic rings. The summed E-state index contributed by atoms with van der Waals surface area (Å²) in [6.07, 6.45) is 3.65. The summed E-state index contributed by atoms with van der Waals surface area (Å²) in [6.45, 7) is 0. The highest BCUT2D eigenvalue weighted by Gasteiger charge is 2.17. The fourth-order valence-corrected chi connectivity index (χ4v) is 7.47. The van der Waals surface area contributed by atoms with Crippen molar-refractivity contribution in [3.8, 4) is 73.2 Å². The summed E-state index contributed by atoms with van der Waals surface area (Å²) in [5.41, 5.74) is 13.0. The van der Waals surface area contributed by atoms with Crippen LogP contribution in [0.5, 0.6) is 0 Å². The highest BCUT2D eigenvalue weighted by Crippen LogP contribution is 2.36. The molecule has 0 saturated heterocycles. The van der Waals surface area contributed by atoms with Gasteiger partial charge in [-0.3, -0.25) is 4.98 Å². The third kappa shape index (κ3) is 6.04. The largest absolute Gasteiger partial charge is 0.309 e. The standard InChI is InChI=1S/C50H33N5/c1-3-12-37(13-4-1)48-52-49(54-50(53-48)45-19-8-7-17-42(45)40-14-11-31-51-33-40)38-27-25-35(26-28-38)34-21-23-36(24-22-34)39-29-30-44-43-18-9-10-20-46(43)55(47(44)32-39)41-15-5-2-6-16-41/h1-33H. The zero-order valence-corrected chi connectivity index (χ0v) is 29.8. The van der Waals surface area contributed by atoms with Crippen molar-refractivity contribution >= 4 is 21.8 Å². The highest BCUT2D eigenvalue weighted by atomic mass is 15.0. The summed E-state index contributed by atoms with van der Waals surface area (Å²) < 4.78 is 2.36. The second-order valence-corrected chi connectivity index (χ2v) is 13.5. The number of rotatable bonds is 7. The van der Waals surface area contributed by atoms with Crippen LogP contribution in [0.15, 0.2) is 200 Å².